The maximum absolute atomic E-state index is 13.8. The number of nitrogens with one attached hydrogen (secondary N) is 1. The lowest BCUT2D eigenvalue weighted by Crippen LogP contribution is -2.62. The summed E-state index contributed by atoms with van der Waals surface area (Å²) >= 11 is 0. The van der Waals surface area contributed by atoms with Crippen LogP contribution >= 0.6 is 0 Å². The number of hydrogen-bond acceptors (Lipinski definition) is 1. The molecule has 1 N–H and O–H groups in total. The Labute approximate surface area is 177 Å². The minimum absolute atomic E-state index is 0.132. The van der Waals surface area contributed by atoms with Crippen molar-refractivity contribution in [2.75, 3.05) is 0 Å². The van der Waals surface area contributed by atoms with Gasteiger partial charge < -0.3 is 5.32 Å². The topological polar surface area (TPSA) is 29.1 Å². The Morgan fingerprint density at radius 1 is 1.07 bits per heavy atom. The smallest absolute Gasteiger partial charge is 0.226 e. The zero-order chi connectivity index (χ0) is 20.1. The van der Waals surface area contributed by atoms with E-state index >= 15 is 0 Å². The molecular weight excluding hydrogens is 354 g/mol. The van der Waals surface area contributed by atoms with E-state index in [-0.39, 0.29) is 10.8 Å². The van der Waals surface area contributed by atoms with Crippen LogP contribution < -0.4 is 5.32 Å². The Balaban J connectivity index is 1.39. The standard InChI is InChI=1S/C27H39NO/c1-3-23(13-20-9-7-8-10-20)28-24(29)27-16-21-14-25(2,18-27)17-26(15-21,19-27)22-11-5-4-6-12-22/h4-6,11-12,20-21,23H,3,7-10,13-19H2,1-2H3,(H,28,29)/t21?,23-,25?,26?,27?/m0/s1. The van der Waals surface area contributed by atoms with Crippen LogP contribution in [0.3, 0.4) is 0 Å². The molecule has 0 saturated heterocycles. The van der Waals surface area contributed by atoms with Crippen LogP contribution in [0.2, 0.25) is 0 Å². The van der Waals surface area contributed by atoms with Gasteiger partial charge in [0.2, 0.25) is 5.91 Å². The van der Waals surface area contributed by atoms with Crippen LogP contribution in [0.5, 0.6) is 0 Å². The van der Waals surface area contributed by atoms with Crippen molar-refractivity contribution in [2.45, 2.75) is 102 Å². The Bertz CT molecular complexity index is 753. The van der Waals surface area contributed by atoms with Crippen molar-refractivity contribution in [3.05, 3.63) is 35.9 Å². The maximum atomic E-state index is 13.8. The Hall–Kier alpha value is -1.31. The minimum atomic E-state index is -0.132. The fraction of sp³-hybridized carbons (Fsp3) is 0.741. The molecule has 6 rings (SSSR count). The van der Waals surface area contributed by atoms with E-state index in [1.54, 1.807) is 0 Å². The molecule has 0 spiro atoms. The van der Waals surface area contributed by atoms with Crippen LogP contribution in [-0.2, 0) is 10.2 Å². The van der Waals surface area contributed by atoms with Crippen molar-refractivity contribution in [1.82, 2.24) is 5.32 Å². The van der Waals surface area contributed by atoms with Crippen LogP contribution in [-0.4, -0.2) is 11.9 Å². The number of carbonyl (C=O) groups excluding carboxylic acids is 1. The van der Waals surface area contributed by atoms with Crippen LogP contribution in [0.1, 0.15) is 96.5 Å². The summed E-state index contributed by atoms with van der Waals surface area (Å²) in [5.41, 5.74) is 1.91. The second-order valence-corrected chi connectivity index (χ2v) is 11.7. The highest BCUT2D eigenvalue weighted by Gasteiger charge is 2.64. The van der Waals surface area contributed by atoms with Crippen molar-refractivity contribution in [3.63, 3.8) is 0 Å². The van der Waals surface area contributed by atoms with Crippen molar-refractivity contribution < 1.29 is 4.79 Å². The molecule has 0 radical (unpaired) electrons. The first kappa shape index (κ1) is 19.6. The first-order valence-corrected chi connectivity index (χ1v) is 12.3. The van der Waals surface area contributed by atoms with Gasteiger partial charge >= 0.3 is 0 Å². The van der Waals surface area contributed by atoms with Crippen LogP contribution in [0.25, 0.3) is 0 Å². The van der Waals surface area contributed by atoms with Crippen LogP contribution in [0.4, 0.5) is 0 Å². The molecule has 1 aromatic carbocycles. The molecule has 4 bridgehead atoms. The lowest BCUT2D eigenvalue weighted by atomic mass is 9.38. The van der Waals surface area contributed by atoms with Gasteiger partial charge in [-0.3, -0.25) is 4.79 Å². The molecule has 2 heteroatoms. The number of amides is 1. The minimum Gasteiger partial charge on any atom is -0.353 e. The molecule has 5 aliphatic carbocycles. The third kappa shape index (κ3) is 3.45. The SMILES string of the molecule is CC[C@@H](CC1CCCC1)NC(=O)C12CC3CC(C)(C1)CC(c1ccccc1)(C3)C2. The number of carbonyl (C=O) groups is 1. The van der Waals surface area contributed by atoms with Gasteiger partial charge in [-0.2, -0.15) is 0 Å². The maximum Gasteiger partial charge on any atom is 0.226 e. The predicted octanol–water partition coefficient (Wildman–Crippen LogP) is 6.39. The summed E-state index contributed by atoms with van der Waals surface area (Å²) in [6.45, 7) is 4.74. The molecule has 0 aliphatic heterocycles. The third-order valence-electron chi connectivity index (χ3n) is 9.14. The van der Waals surface area contributed by atoms with Crippen molar-refractivity contribution in [1.29, 1.82) is 0 Å². The lowest BCUT2D eigenvalue weighted by molar-refractivity contribution is -0.160. The molecule has 2 nitrogen and oxygen atoms in total. The van der Waals surface area contributed by atoms with Gasteiger partial charge in [-0.15, -0.1) is 0 Å². The van der Waals surface area contributed by atoms with E-state index in [0.717, 1.165) is 37.5 Å². The summed E-state index contributed by atoms with van der Waals surface area (Å²) < 4.78 is 0. The summed E-state index contributed by atoms with van der Waals surface area (Å²) in [4.78, 5) is 13.8. The zero-order valence-electron chi connectivity index (χ0n) is 18.5. The van der Waals surface area contributed by atoms with Gasteiger partial charge in [-0.25, -0.2) is 0 Å². The van der Waals surface area contributed by atoms with E-state index in [1.807, 2.05) is 0 Å². The van der Waals surface area contributed by atoms with Crippen molar-refractivity contribution in [2.24, 2.45) is 22.7 Å². The van der Waals surface area contributed by atoms with Crippen LogP contribution in [0.15, 0.2) is 30.3 Å². The summed E-state index contributed by atoms with van der Waals surface area (Å²) in [5, 5.41) is 3.60. The molecule has 5 saturated carbocycles. The summed E-state index contributed by atoms with van der Waals surface area (Å²) in [6.07, 6.45) is 15.0. The average Bonchev–Trinajstić information content (AvgIpc) is 3.19. The van der Waals surface area contributed by atoms with E-state index in [9.17, 15) is 4.79 Å². The molecule has 5 fully saturated rings. The zero-order valence-corrected chi connectivity index (χ0v) is 18.5. The molecule has 5 aliphatic rings. The third-order valence-corrected chi connectivity index (χ3v) is 9.14. The fourth-order valence-corrected chi connectivity index (χ4v) is 8.60. The van der Waals surface area contributed by atoms with E-state index in [0.29, 0.717) is 17.4 Å². The summed E-state index contributed by atoms with van der Waals surface area (Å²) in [5.74, 6) is 1.96. The van der Waals surface area contributed by atoms with E-state index < -0.39 is 0 Å². The Kier molecular flexibility index (Phi) is 4.83. The first-order valence-electron chi connectivity index (χ1n) is 12.3. The van der Waals surface area contributed by atoms with Gasteiger partial charge in [0.25, 0.3) is 0 Å². The molecule has 1 amide bonds. The average molecular weight is 394 g/mol. The normalized spacial score (nSPS) is 39.6. The van der Waals surface area contributed by atoms with Gasteiger partial charge in [0, 0.05) is 6.04 Å². The number of hydrogen-bond donors (Lipinski definition) is 1. The summed E-state index contributed by atoms with van der Waals surface area (Å²) in [6, 6.07) is 11.5. The molecule has 0 heterocycles. The first-order chi connectivity index (χ1) is 13.9. The van der Waals surface area contributed by atoms with Gasteiger partial charge in [-0.05, 0) is 79.6 Å². The molecule has 5 atom stereocenters. The molecule has 29 heavy (non-hydrogen) atoms. The Morgan fingerprint density at radius 3 is 2.52 bits per heavy atom. The number of benzene rings is 1. The second kappa shape index (κ2) is 7.13. The molecular formula is C27H39NO. The molecule has 0 aromatic heterocycles. The van der Waals surface area contributed by atoms with Gasteiger partial charge in [0.05, 0.1) is 5.41 Å². The van der Waals surface area contributed by atoms with Crippen molar-refractivity contribution in [3.8, 4) is 0 Å². The highest BCUT2D eigenvalue weighted by molar-refractivity contribution is 5.84. The largest absolute Gasteiger partial charge is 0.353 e. The lowest BCUT2D eigenvalue weighted by Gasteiger charge is -2.65. The molecule has 1 aromatic rings. The number of rotatable bonds is 6. The summed E-state index contributed by atoms with van der Waals surface area (Å²) in [7, 11) is 0. The monoisotopic (exact) mass is 393 g/mol. The highest BCUT2D eigenvalue weighted by atomic mass is 16.2. The van der Waals surface area contributed by atoms with E-state index in [1.165, 1.54) is 56.9 Å². The van der Waals surface area contributed by atoms with Crippen LogP contribution in [0, 0.1) is 22.7 Å². The van der Waals surface area contributed by atoms with E-state index in [2.05, 4.69) is 49.5 Å². The molecule has 4 unspecified atom stereocenters. The van der Waals surface area contributed by atoms with Gasteiger partial charge in [0.15, 0.2) is 0 Å². The predicted molar refractivity (Wildman–Crippen MR) is 119 cm³/mol. The van der Waals surface area contributed by atoms with Gasteiger partial charge in [0.1, 0.15) is 0 Å². The highest BCUT2D eigenvalue weighted by Crippen LogP contribution is 2.70. The van der Waals surface area contributed by atoms with Gasteiger partial charge in [-0.1, -0.05) is 69.9 Å². The molecule has 158 valence electrons. The quantitative estimate of drug-likeness (QED) is 0.596. The Morgan fingerprint density at radius 2 is 1.83 bits per heavy atom. The van der Waals surface area contributed by atoms with E-state index in [4.69, 9.17) is 0 Å². The fourth-order valence-electron chi connectivity index (χ4n) is 8.60. The second-order valence-electron chi connectivity index (χ2n) is 11.7. The van der Waals surface area contributed by atoms with Crippen molar-refractivity contribution >= 4 is 5.91 Å².